The van der Waals surface area contributed by atoms with Crippen LogP contribution in [0.1, 0.15) is 18.2 Å². The molecule has 102 valence electrons. The molecule has 0 aliphatic carbocycles. The molecule has 0 unspecified atom stereocenters. The topological polar surface area (TPSA) is 77.0 Å². The number of fused-ring (bicyclic) bond motifs is 1. The number of nitrogens with two attached hydrogens (primary N) is 1. The fraction of sp³-hybridized carbons (Fsp3) is 0.143. The lowest BCUT2D eigenvalue weighted by molar-refractivity contribution is 0.616. The summed E-state index contributed by atoms with van der Waals surface area (Å²) in [5.74, 6) is 0. The van der Waals surface area contributed by atoms with Crippen LogP contribution in [0.15, 0.2) is 28.0 Å². The summed E-state index contributed by atoms with van der Waals surface area (Å²) in [5, 5.41) is 5.55. The predicted molar refractivity (Wildman–Crippen MR) is 83.6 cm³/mol. The molecule has 0 spiro atoms. The van der Waals surface area contributed by atoms with Gasteiger partial charge < -0.3 is 15.5 Å². The Morgan fingerprint density at radius 3 is 3.00 bits per heavy atom. The number of rotatable bonds is 4. The molecule has 0 amide bonds. The number of oxazole rings is 1. The van der Waals surface area contributed by atoms with Crippen LogP contribution in [-0.2, 0) is 0 Å². The largest absolute Gasteiger partial charge is 0.424 e. The molecule has 2 heterocycles. The Morgan fingerprint density at radius 1 is 1.35 bits per heavy atom. The highest BCUT2D eigenvalue weighted by atomic mass is 32.1. The standard InChI is InChI=1S/C14H14N4OS/c1-2-16-14-18-11-6-4-9(7-12(11)19-14)3-5-10-8-20-13(15)17-10/h3-8H,2H2,1H3,(H2,15,17)(H,16,18). The van der Waals surface area contributed by atoms with E-state index in [9.17, 15) is 0 Å². The van der Waals surface area contributed by atoms with Gasteiger partial charge in [0.2, 0.25) is 0 Å². The number of nitrogen functional groups attached to an aromatic ring is 1. The SMILES string of the molecule is CCNc1nc2ccc(C=Cc3csc(N)n3)cc2o1. The second kappa shape index (κ2) is 5.34. The summed E-state index contributed by atoms with van der Waals surface area (Å²) in [6, 6.07) is 6.44. The van der Waals surface area contributed by atoms with Crippen LogP contribution in [0.25, 0.3) is 23.3 Å². The molecule has 3 aromatic rings. The first kappa shape index (κ1) is 12.7. The van der Waals surface area contributed by atoms with Crippen molar-refractivity contribution in [2.24, 2.45) is 0 Å². The first-order valence-corrected chi connectivity index (χ1v) is 7.16. The molecule has 0 bridgehead atoms. The van der Waals surface area contributed by atoms with Crippen molar-refractivity contribution < 1.29 is 4.42 Å². The van der Waals surface area contributed by atoms with Gasteiger partial charge in [-0.2, -0.15) is 4.98 Å². The second-order valence-electron chi connectivity index (χ2n) is 4.22. The molecular weight excluding hydrogens is 272 g/mol. The van der Waals surface area contributed by atoms with Crippen molar-refractivity contribution >= 4 is 45.7 Å². The van der Waals surface area contributed by atoms with Gasteiger partial charge in [-0.1, -0.05) is 12.1 Å². The van der Waals surface area contributed by atoms with Crippen LogP contribution >= 0.6 is 11.3 Å². The molecule has 5 nitrogen and oxygen atoms in total. The molecule has 0 radical (unpaired) electrons. The molecule has 0 atom stereocenters. The summed E-state index contributed by atoms with van der Waals surface area (Å²) in [6.45, 7) is 2.79. The summed E-state index contributed by atoms with van der Waals surface area (Å²) in [6.07, 6.45) is 3.90. The van der Waals surface area contributed by atoms with Crippen LogP contribution in [0.3, 0.4) is 0 Å². The lowest BCUT2D eigenvalue weighted by Gasteiger charge is -1.92. The van der Waals surface area contributed by atoms with Crippen LogP contribution < -0.4 is 11.1 Å². The van der Waals surface area contributed by atoms with E-state index in [0.29, 0.717) is 11.1 Å². The number of anilines is 2. The quantitative estimate of drug-likeness (QED) is 0.768. The van der Waals surface area contributed by atoms with Gasteiger partial charge >= 0.3 is 0 Å². The first-order valence-electron chi connectivity index (χ1n) is 6.28. The zero-order valence-electron chi connectivity index (χ0n) is 11.0. The van der Waals surface area contributed by atoms with Crippen molar-refractivity contribution in [3.05, 3.63) is 34.8 Å². The Kier molecular flexibility index (Phi) is 3.39. The fourth-order valence-electron chi connectivity index (χ4n) is 1.83. The molecule has 2 aromatic heterocycles. The van der Waals surface area contributed by atoms with Crippen LogP contribution in [0.2, 0.25) is 0 Å². The van der Waals surface area contributed by atoms with Gasteiger partial charge in [0.1, 0.15) is 5.52 Å². The summed E-state index contributed by atoms with van der Waals surface area (Å²) in [4.78, 5) is 8.52. The number of aromatic nitrogens is 2. The first-order chi connectivity index (χ1) is 9.74. The van der Waals surface area contributed by atoms with Gasteiger partial charge in [0.05, 0.1) is 5.69 Å². The summed E-state index contributed by atoms with van der Waals surface area (Å²) in [7, 11) is 0. The molecular formula is C14H14N4OS. The minimum absolute atomic E-state index is 0.552. The Bertz CT molecular complexity index is 759. The van der Waals surface area contributed by atoms with E-state index >= 15 is 0 Å². The van der Waals surface area contributed by atoms with Gasteiger partial charge in [-0.05, 0) is 30.7 Å². The molecule has 3 N–H and O–H groups in total. The van der Waals surface area contributed by atoms with Crippen molar-refractivity contribution in [2.75, 3.05) is 17.6 Å². The van der Waals surface area contributed by atoms with Crippen molar-refractivity contribution in [2.45, 2.75) is 6.92 Å². The summed E-state index contributed by atoms with van der Waals surface area (Å²) < 4.78 is 5.62. The molecule has 0 fully saturated rings. The van der Waals surface area contributed by atoms with Gasteiger partial charge in [0.25, 0.3) is 6.01 Å². The molecule has 0 aliphatic heterocycles. The molecule has 1 aromatic carbocycles. The highest BCUT2D eigenvalue weighted by Gasteiger charge is 2.04. The molecule has 3 rings (SSSR count). The predicted octanol–water partition coefficient (Wildman–Crippen LogP) is 3.47. The van der Waals surface area contributed by atoms with E-state index in [4.69, 9.17) is 10.2 Å². The van der Waals surface area contributed by atoms with E-state index in [2.05, 4.69) is 15.3 Å². The van der Waals surface area contributed by atoms with Gasteiger partial charge in [-0.3, -0.25) is 0 Å². The number of benzene rings is 1. The molecule has 6 heteroatoms. The van der Waals surface area contributed by atoms with Crippen molar-refractivity contribution in [3.8, 4) is 0 Å². The van der Waals surface area contributed by atoms with Crippen LogP contribution in [0.4, 0.5) is 11.1 Å². The molecule has 0 saturated carbocycles. The smallest absolute Gasteiger partial charge is 0.295 e. The van der Waals surface area contributed by atoms with E-state index < -0.39 is 0 Å². The van der Waals surface area contributed by atoms with E-state index in [1.165, 1.54) is 11.3 Å². The fourth-order valence-corrected chi connectivity index (χ4v) is 2.36. The molecule has 0 aliphatic rings. The van der Waals surface area contributed by atoms with E-state index in [1.807, 2.05) is 42.7 Å². The van der Waals surface area contributed by atoms with E-state index in [0.717, 1.165) is 28.9 Å². The van der Waals surface area contributed by atoms with E-state index in [-0.39, 0.29) is 0 Å². The third-order valence-electron chi connectivity index (χ3n) is 2.73. The average Bonchev–Trinajstić information content (AvgIpc) is 3.02. The normalized spacial score (nSPS) is 11.4. The van der Waals surface area contributed by atoms with Crippen LogP contribution in [-0.4, -0.2) is 16.5 Å². The molecule has 20 heavy (non-hydrogen) atoms. The lowest BCUT2D eigenvalue weighted by Crippen LogP contribution is -1.95. The number of nitrogens with zero attached hydrogens (tertiary/aromatic N) is 2. The van der Waals surface area contributed by atoms with Gasteiger partial charge in [-0.25, -0.2) is 4.98 Å². The average molecular weight is 286 g/mol. The monoisotopic (exact) mass is 286 g/mol. The summed E-state index contributed by atoms with van der Waals surface area (Å²) >= 11 is 1.43. The maximum Gasteiger partial charge on any atom is 0.295 e. The highest BCUT2D eigenvalue weighted by molar-refractivity contribution is 7.13. The maximum atomic E-state index is 5.62. The number of hydrogen-bond donors (Lipinski definition) is 2. The van der Waals surface area contributed by atoms with Crippen molar-refractivity contribution in [1.29, 1.82) is 0 Å². The number of hydrogen-bond acceptors (Lipinski definition) is 6. The Hall–Kier alpha value is -2.34. The minimum atomic E-state index is 0.552. The van der Waals surface area contributed by atoms with Gasteiger partial charge in [0.15, 0.2) is 10.7 Å². The van der Waals surface area contributed by atoms with Crippen molar-refractivity contribution in [1.82, 2.24) is 9.97 Å². The zero-order valence-corrected chi connectivity index (χ0v) is 11.8. The minimum Gasteiger partial charge on any atom is -0.424 e. The summed E-state index contributed by atoms with van der Waals surface area (Å²) in [5.41, 5.74) is 9.10. The number of thiazole rings is 1. The van der Waals surface area contributed by atoms with Gasteiger partial charge in [0, 0.05) is 11.9 Å². The van der Waals surface area contributed by atoms with Crippen molar-refractivity contribution in [3.63, 3.8) is 0 Å². The number of nitrogens with one attached hydrogen (secondary N) is 1. The third kappa shape index (κ3) is 2.65. The lowest BCUT2D eigenvalue weighted by atomic mass is 10.2. The Balaban J connectivity index is 1.86. The molecule has 0 saturated heterocycles. The zero-order chi connectivity index (χ0) is 13.9. The van der Waals surface area contributed by atoms with Crippen LogP contribution in [0.5, 0.6) is 0 Å². The van der Waals surface area contributed by atoms with Crippen LogP contribution in [0, 0.1) is 0 Å². The second-order valence-corrected chi connectivity index (χ2v) is 5.11. The maximum absolute atomic E-state index is 5.62. The highest BCUT2D eigenvalue weighted by Crippen LogP contribution is 2.21. The Labute approximate surface area is 120 Å². The Morgan fingerprint density at radius 2 is 2.25 bits per heavy atom. The van der Waals surface area contributed by atoms with Gasteiger partial charge in [-0.15, -0.1) is 11.3 Å². The van der Waals surface area contributed by atoms with E-state index in [1.54, 1.807) is 0 Å². The third-order valence-corrected chi connectivity index (χ3v) is 3.42.